The highest BCUT2D eigenvalue weighted by molar-refractivity contribution is 5.80. The third kappa shape index (κ3) is 9.01. The van der Waals surface area contributed by atoms with Gasteiger partial charge < -0.3 is 14.2 Å². The van der Waals surface area contributed by atoms with E-state index in [9.17, 15) is 9.59 Å². The minimum Gasteiger partial charge on any atom is -0.464 e. The topological polar surface area (TPSA) is 111 Å². The molecule has 0 radical (unpaired) electrons. The Morgan fingerprint density at radius 3 is 2.68 bits per heavy atom. The second-order valence-electron chi connectivity index (χ2n) is 3.60. The molecular weight excluding hydrogens is 254 g/mol. The Bertz CT molecular complexity index is 328. The molecule has 8 heteroatoms. The van der Waals surface area contributed by atoms with Gasteiger partial charge in [0, 0.05) is 31.4 Å². The summed E-state index contributed by atoms with van der Waals surface area (Å²) in [6, 6.07) is 0. The zero-order valence-electron chi connectivity index (χ0n) is 11.2. The van der Waals surface area contributed by atoms with Gasteiger partial charge in [0.25, 0.3) is 0 Å². The lowest BCUT2D eigenvalue weighted by molar-refractivity contribution is -0.165. The number of hydrogen-bond acceptors (Lipinski definition) is 6. The number of methoxy groups -OCH3 is 1. The van der Waals surface area contributed by atoms with Gasteiger partial charge in [-0.1, -0.05) is 5.11 Å². The van der Waals surface area contributed by atoms with Crippen LogP contribution in [-0.4, -0.2) is 44.9 Å². The first-order valence-corrected chi connectivity index (χ1v) is 5.95. The van der Waals surface area contributed by atoms with Crippen LogP contribution in [0.25, 0.3) is 10.4 Å². The minimum atomic E-state index is -0.816. The third-order valence-electron chi connectivity index (χ3n) is 2.18. The van der Waals surface area contributed by atoms with Crippen molar-refractivity contribution in [2.45, 2.75) is 32.3 Å². The average Bonchev–Trinajstić information content (AvgIpc) is 2.39. The lowest BCUT2D eigenvalue weighted by Crippen LogP contribution is -2.28. The molecule has 0 saturated carbocycles. The largest absolute Gasteiger partial charge is 0.464 e. The minimum absolute atomic E-state index is 0.0452. The summed E-state index contributed by atoms with van der Waals surface area (Å²) < 4.78 is 14.7. The van der Waals surface area contributed by atoms with Crippen LogP contribution >= 0.6 is 0 Å². The van der Waals surface area contributed by atoms with Gasteiger partial charge in [-0.25, -0.2) is 4.79 Å². The molecule has 0 spiro atoms. The lowest BCUT2D eigenvalue weighted by atomic mass is 10.1. The Morgan fingerprint density at radius 2 is 2.11 bits per heavy atom. The molecule has 0 aromatic carbocycles. The van der Waals surface area contributed by atoms with Crippen LogP contribution in [0.3, 0.4) is 0 Å². The van der Waals surface area contributed by atoms with E-state index in [1.165, 1.54) is 7.11 Å². The number of carbonyl (C=O) groups excluding carboxylic acids is 2. The number of hydrogen-bond donors (Lipinski definition) is 0. The number of nitrogens with zero attached hydrogens (tertiary/aromatic N) is 3. The molecule has 19 heavy (non-hydrogen) atoms. The molecule has 0 N–H and O–H groups in total. The summed E-state index contributed by atoms with van der Waals surface area (Å²) in [7, 11) is 1.44. The van der Waals surface area contributed by atoms with Crippen LogP contribution in [0.4, 0.5) is 0 Å². The number of ether oxygens (including phenoxy) is 3. The zero-order valence-corrected chi connectivity index (χ0v) is 11.2. The van der Waals surface area contributed by atoms with Gasteiger partial charge in [-0.05, 0) is 18.9 Å². The van der Waals surface area contributed by atoms with E-state index in [4.69, 9.17) is 19.7 Å². The van der Waals surface area contributed by atoms with Crippen LogP contribution in [0, 0.1) is 0 Å². The molecule has 8 nitrogen and oxygen atoms in total. The second-order valence-corrected chi connectivity index (χ2v) is 3.60. The van der Waals surface area contributed by atoms with Crippen LogP contribution in [0.1, 0.15) is 26.2 Å². The SMILES string of the molecule is CCOC(=O)C(CCC(=O)CCN=[N+]=[N-])OCOC. The number of ketones is 1. The van der Waals surface area contributed by atoms with E-state index >= 15 is 0 Å². The van der Waals surface area contributed by atoms with Crippen molar-refractivity contribution in [3.63, 3.8) is 0 Å². The van der Waals surface area contributed by atoms with Crippen LogP contribution in [0.15, 0.2) is 5.11 Å². The maximum absolute atomic E-state index is 11.5. The highest BCUT2D eigenvalue weighted by atomic mass is 16.7. The molecule has 0 amide bonds. The summed E-state index contributed by atoms with van der Waals surface area (Å²) in [4.78, 5) is 25.5. The van der Waals surface area contributed by atoms with Gasteiger partial charge in [-0.3, -0.25) is 4.79 Å². The van der Waals surface area contributed by atoms with Gasteiger partial charge in [0.05, 0.1) is 6.61 Å². The first-order chi connectivity index (χ1) is 9.15. The van der Waals surface area contributed by atoms with Crippen molar-refractivity contribution < 1.29 is 23.8 Å². The molecule has 0 rings (SSSR count). The molecule has 108 valence electrons. The van der Waals surface area contributed by atoms with Crippen LogP contribution in [0.2, 0.25) is 0 Å². The Labute approximate surface area is 111 Å². The summed E-state index contributed by atoms with van der Waals surface area (Å²) >= 11 is 0. The van der Waals surface area contributed by atoms with E-state index < -0.39 is 12.1 Å². The zero-order chi connectivity index (χ0) is 14.5. The van der Waals surface area contributed by atoms with Gasteiger partial charge in [0.15, 0.2) is 6.10 Å². The van der Waals surface area contributed by atoms with E-state index in [2.05, 4.69) is 10.0 Å². The standard InChI is InChI=1S/C11H19N3O5/c1-3-18-11(16)10(19-8-17-2)5-4-9(15)6-7-13-14-12/h10H,3-8H2,1-2H3. The van der Waals surface area contributed by atoms with Crippen molar-refractivity contribution in [1.82, 2.24) is 0 Å². The monoisotopic (exact) mass is 273 g/mol. The molecule has 0 heterocycles. The molecule has 0 fully saturated rings. The smallest absolute Gasteiger partial charge is 0.335 e. The predicted molar refractivity (Wildman–Crippen MR) is 66.3 cm³/mol. The van der Waals surface area contributed by atoms with E-state index in [1.807, 2.05) is 0 Å². The molecule has 1 unspecified atom stereocenters. The summed E-state index contributed by atoms with van der Waals surface area (Å²) in [5, 5.41) is 3.27. The molecule has 1 atom stereocenters. The van der Waals surface area contributed by atoms with E-state index in [0.717, 1.165) is 0 Å². The fourth-order valence-electron chi connectivity index (χ4n) is 1.29. The number of Topliss-reactive ketones (excluding diaryl/α,β-unsaturated/α-hetero) is 1. The Balaban J connectivity index is 4.12. The first kappa shape index (κ1) is 17.4. The van der Waals surface area contributed by atoms with Crippen molar-refractivity contribution in [1.29, 1.82) is 0 Å². The van der Waals surface area contributed by atoms with Crippen molar-refractivity contribution in [3.8, 4) is 0 Å². The Kier molecular flexibility index (Phi) is 10.5. The first-order valence-electron chi connectivity index (χ1n) is 5.95. The number of carbonyl (C=O) groups is 2. The number of rotatable bonds is 11. The summed E-state index contributed by atoms with van der Waals surface area (Å²) in [6.07, 6.45) is -0.279. The van der Waals surface area contributed by atoms with E-state index in [1.54, 1.807) is 6.92 Å². The maximum Gasteiger partial charge on any atom is 0.335 e. The van der Waals surface area contributed by atoms with Crippen LogP contribution in [0.5, 0.6) is 0 Å². The molecule has 0 aliphatic heterocycles. The van der Waals surface area contributed by atoms with Gasteiger partial charge in [0.2, 0.25) is 0 Å². The Morgan fingerprint density at radius 1 is 1.37 bits per heavy atom. The maximum atomic E-state index is 11.5. The van der Waals surface area contributed by atoms with Crippen molar-refractivity contribution >= 4 is 11.8 Å². The highest BCUT2D eigenvalue weighted by Gasteiger charge is 2.21. The van der Waals surface area contributed by atoms with Crippen molar-refractivity contribution in [2.24, 2.45) is 5.11 Å². The third-order valence-corrected chi connectivity index (χ3v) is 2.18. The average molecular weight is 273 g/mol. The summed E-state index contributed by atoms with van der Waals surface area (Å²) in [5.74, 6) is -0.606. The van der Waals surface area contributed by atoms with Gasteiger partial charge in [0.1, 0.15) is 12.6 Å². The molecule has 0 aliphatic carbocycles. The highest BCUT2D eigenvalue weighted by Crippen LogP contribution is 2.07. The fraction of sp³-hybridized carbons (Fsp3) is 0.818. The molecule has 0 aliphatic rings. The quantitative estimate of drug-likeness (QED) is 0.186. The second kappa shape index (κ2) is 11.5. The van der Waals surface area contributed by atoms with Gasteiger partial charge >= 0.3 is 5.97 Å². The molecule has 0 bridgehead atoms. The number of azide groups is 1. The number of esters is 1. The van der Waals surface area contributed by atoms with E-state index in [0.29, 0.717) is 0 Å². The fourth-order valence-corrected chi connectivity index (χ4v) is 1.29. The lowest BCUT2D eigenvalue weighted by Gasteiger charge is -2.15. The molecular formula is C11H19N3O5. The van der Waals surface area contributed by atoms with Crippen molar-refractivity contribution in [3.05, 3.63) is 10.4 Å². The van der Waals surface area contributed by atoms with Gasteiger partial charge in [-0.2, -0.15) is 0 Å². The van der Waals surface area contributed by atoms with Gasteiger partial charge in [-0.15, -0.1) is 0 Å². The molecule has 0 aromatic rings. The van der Waals surface area contributed by atoms with Crippen molar-refractivity contribution in [2.75, 3.05) is 27.1 Å². The normalized spacial score (nSPS) is 11.5. The summed E-state index contributed by atoms with van der Waals surface area (Å²) in [5.41, 5.74) is 8.08. The predicted octanol–water partition coefficient (Wildman–Crippen LogP) is 1.59. The summed E-state index contributed by atoms with van der Waals surface area (Å²) in [6.45, 7) is 2.02. The van der Waals surface area contributed by atoms with Crippen LogP contribution < -0.4 is 0 Å². The van der Waals surface area contributed by atoms with E-state index in [-0.39, 0.29) is 45.0 Å². The van der Waals surface area contributed by atoms with Crippen LogP contribution in [-0.2, 0) is 23.8 Å². The Hall–Kier alpha value is -1.63. The molecule has 0 saturated heterocycles. The molecule has 0 aromatic heterocycles.